The standard InChI is InChI=1S/C16H18N2O5S/c1-9-5-6-14(12(4)16(9)19)17-24(22,23)15-8-13(18(20)21)7-10(2)11(15)3/h5-8,17,19H,1-4H3. The van der Waals surface area contributed by atoms with Gasteiger partial charge in [0.25, 0.3) is 15.7 Å². The van der Waals surface area contributed by atoms with E-state index in [-0.39, 0.29) is 22.0 Å². The number of aryl methyl sites for hydroxylation is 2. The topological polar surface area (TPSA) is 110 Å². The average Bonchev–Trinajstić information content (AvgIpc) is 2.50. The van der Waals surface area contributed by atoms with Gasteiger partial charge < -0.3 is 5.11 Å². The van der Waals surface area contributed by atoms with Crippen LogP contribution in [0.4, 0.5) is 11.4 Å². The predicted molar refractivity (Wildman–Crippen MR) is 91.0 cm³/mol. The first-order valence-corrected chi connectivity index (χ1v) is 8.60. The van der Waals surface area contributed by atoms with Gasteiger partial charge in [-0.05, 0) is 50.5 Å². The zero-order chi connectivity index (χ0) is 18.2. The molecule has 0 aliphatic rings. The molecule has 0 spiro atoms. The molecule has 0 heterocycles. The third kappa shape index (κ3) is 3.18. The second kappa shape index (κ2) is 6.12. The van der Waals surface area contributed by atoms with Gasteiger partial charge in [-0.1, -0.05) is 6.07 Å². The smallest absolute Gasteiger partial charge is 0.271 e. The average molecular weight is 350 g/mol. The van der Waals surface area contributed by atoms with Crippen molar-refractivity contribution in [2.75, 3.05) is 4.72 Å². The monoisotopic (exact) mass is 350 g/mol. The van der Waals surface area contributed by atoms with Crippen LogP contribution in [0.5, 0.6) is 5.75 Å². The summed E-state index contributed by atoms with van der Waals surface area (Å²) in [7, 11) is -4.04. The zero-order valence-corrected chi connectivity index (χ0v) is 14.6. The largest absolute Gasteiger partial charge is 0.507 e. The molecule has 7 nitrogen and oxygen atoms in total. The van der Waals surface area contributed by atoms with Gasteiger partial charge in [-0.15, -0.1) is 0 Å². The summed E-state index contributed by atoms with van der Waals surface area (Å²) in [6.07, 6.45) is 0. The maximum absolute atomic E-state index is 12.7. The molecule has 0 aliphatic carbocycles. The Labute approximate surface area is 140 Å². The Morgan fingerprint density at radius 3 is 2.25 bits per heavy atom. The normalized spacial score (nSPS) is 11.3. The van der Waals surface area contributed by atoms with Crippen molar-refractivity contribution < 1.29 is 18.4 Å². The lowest BCUT2D eigenvalue weighted by Crippen LogP contribution is -2.16. The number of phenols is 1. The Hall–Kier alpha value is -2.61. The van der Waals surface area contributed by atoms with Crippen LogP contribution in [0.15, 0.2) is 29.2 Å². The fourth-order valence-corrected chi connectivity index (χ4v) is 3.80. The van der Waals surface area contributed by atoms with Gasteiger partial charge in [0, 0.05) is 17.7 Å². The Kier molecular flexibility index (Phi) is 4.52. The van der Waals surface area contributed by atoms with E-state index in [4.69, 9.17) is 0 Å². The number of phenolic OH excluding ortho intramolecular Hbond substituents is 1. The third-order valence-electron chi connectivity index (χ3n) is 3.98. The van der Waals surface area contributed by atoms with Crippen LogP contribution in [-0.2, 0) is 10.0 Å². The van der Waals surface area contributed by atoms with Crippen LogP contribution in [0.25, 0.3) is 0 Å². The molecule has 128 valence electrons. The Morgan fingerprint density at radius 1 is 1.04 bits per heavy atom. The molecular formula is C16H18N2O5S. The fourth-order valence-electron chi connectivity index (χ4n) is 2.34. The van der Waals surface area contributed by atoms with E-state index in [2.05, 4.69) is 4.72 Å². The quantitative estimate of drug-likeness (QED) is 0.649. The summed E-state index contributed by atoms with van der Waals surface area (Å²) in [6.45, 7) is 6.50. The van der Waals surface area contributed by atoms with Crippen molar-refractivity contribution in [3.05, 3.63) is 56.6 Å². The highest BCUT2D eigenvalue weighted by Gasteiger charge is 2.23. The number of non-ortho nitro benzene ring substituents is 1. The van der Waals surface area contributed by atoms with Gasteiger partial charge in [0.15, 0.2) is 0 Å². The molecule has 0 atom stereocenters. The Morgan fingerprint density at radius 2 is 1.67 bits per heavy atom. The lowest BCUT2D eigenvalue weighted by molar-refractivity contribution is -0.385. The van der Waals surface area contributed by atoms with Crippen molar-refractivity contribution in [2.24, 2.45) is 0 Å². The van der Waals surface area contributed by atoms with Gasteiger partial charge in [-0.2, -0.15) is 0 Å². The van der Waals surface area contributed by atoms with Crippen molar-refractivity contribution >= 4 is 21.4 Å². The van der Waals surface area contributed by atoms with Gasteiger partial charge in [0.2, 0.25) is 0 Å². The molecule has 24 heavy (non-hydrogen) atoms. The molecule has 0 bridgehead atoms. The molecule has 0 radical (unpaired) electrons. The van der Waals surface area contributed by atoms with E-state index in [0.717, 1.165) is 6.07 Å². The first-order chi connectivity index (χ1) is 11.0. The number of nitrogens with zero attached hydrogens (tertiary/aromatic N) is 1. The highest BCUT2D eigenvalue weighted by molar-refractivity contribution is 7.92. The summed E-state index contributed by atoms with van der Waals surface area (Å²) in [5.41, 5.74) is 1.88. The summed E-state index contributed by atoms with van der Waals surface area (Å²) in [6, 6.07) is 5.50. The molecule has 0 amide bonds. The molecular weight excluding hydrogens is 332 g/mol. The highest BCUT2D eigenvalue weighted by Crippen LogP contribution is 2.31. The number of hydrogen-bond donors (Lipinski definition) is 2. The summed E-state index contributed by atoms with van der Waals surface area (Å²) >= 11 is 0. The van der Waals surface area contributed by atoms with E-state index in [9.17, 15) is 23.6 Å². The zero-order valence-electron chi connectivity index (χ0n) is 13.7. The highest BCUT2D eigenvalue weighted by atomic mass is 32.2. The van der Waals surface area contributed by atoms with Gasteiger partial charge in [-0.25, -0.2) is 8.42 Å². The van der Waals surface area contributed by atoms with Crippen molar-refractivity contribution in [3.8, 4) is 5.75 Å². The lowest BCUT2D eigenvalue weighted by Gasteiger charge is -2.15. The number of nitro groups is 1. The molecule has 0 fully saturated rings. The number of nitro benzene ring substituents is 1. The van der Waals surface area contributed by atoms with Crippen molar-refractivity contribution in [1.82, 2.24) is 0 Å². The number of sulfonamides is 1. The molecule has 0 aromatic heterocycles. The minimum Gasteiger partial charge on any atom is -0.507 e. The van der Waals surface area contributed by atoms with Crippen LogP contribution in [0.2, 0.25) is 0 Å². The summed E-state index contributed by atoms with van der Waals surface area (Å²) in [5, 5.41) is 20.9. The van der Waals surface area contributed by atoms with E-state index < -0.39 is 14.9 Å². The second-order valence-corrected chi connectivity index (χ2v) is 7.30. The van der Waals surface area contributed by atoms with E-state index in [1.807, 2.05) is 0 Å². The fraction of sp³-hybridized carbons (Fsp3) is 0.250. The first kappa shape index (κ1) is 17.7. The van der Waals surface area contributed by atoms with Crippen LogP contribution < -0.4 is 4.72 Å². The number of anilines is 1. The van der Waals surface area contributed by atoms with E-state index in [1.165, 1.54) is 6.07 Å². The van der Waals surface area contributed by atoms with Crippen molar-refractivity contribution in [3.63, 3.8) is 0 Å². The van der Waals surface area contributed by atoms with Crippen LogP contribution >= 0.6 is 0 Å². The molecule has 2 N–H and O–H groups in total. The predicted octanol–water partition coefficient (Wildman–Crippen LogP) is 3.33. The molecule has 2 aromatic carbocycles. The summed E-state index contributed by atoms with van der Waals surface area (Å²) in [4.78, 5) is 10.2. The van der Waals surface area contributed by atoms with Gasteiger partial charge in [0.1, 0.15) is 5.75 Å². The maximum Gasteiger partial charge on any atom is 0.271 e. The molecule has 0 aliphatic heterocycles. The summed E-state index contributed by atoms with van der Waals surface area (Å²) < 4.78 is 27.8. The molecule has 0 saturated carbocycles. The minimum atomic E-state index is -4.04. The number of nitrogens with one attached hydrogen (secondary N) is 1. The maximum atomic E-state index is 12.7. The van der Waals surface area contributed by atoms with Crippen molar-refractivity contribution in [1.29, 1.82) is 0 Å². The lowest BCUT2D eigenvalue weighted by atomic mass is 10.1. The van der Waals surface area contributed by atoms with Crippen LogP contribution in [0.1, 0.15) is 22.3 Å². The number of hydrogen-bond acceptors (Lipinski definition) is 5. The van der Waals surface area contributed by atoms with Gasteiger partial charge in [-0.3, -0.25) is 14.8 Å². The number of rotatable bonds is 4. The van der Waals surface area contributed by atoms with E-state index >= 15 is 0 Å². The van der Waals surface area contributed by atoms with Crippen molar-refractivity contribution in [2.45, 2.75) is 32.6 Å². The van der Waals surface area contributed by atoms with Crippen LogP contribution in [0.3, 0.4) is 0 Å². The number of benzene rings is 2. The van der Waals surface area contributed by atoms with Crippen LogP contribution in [-0.4, -0.2) is 18.4 Å². The molecule has 2 rings (SSSR count). The SMILES string of the molecule is Cc1cc([N+](=O)[O-])cc(S(=O)(=O)Nc2ccc(C)c(O)c2C)c1C. The Bertz CT molecular complexity index is 936. The third-order valence-corrected chi connectivity index (χ3v) is 5.47. The molecule has 8 heteroatoms. The van der Waals surface area contributed by atoms with E-state index in [0.29, 0.717) is 22.3 Å². The molecule has 0 saturated heterocycles. The summed E-state index contributed by atoms with van der Waals surface area (Å²) in [5.74, 6) is 0.00199. The van der Waals surface area contributed by atoms with E-state index in [1.54, 1.807) is 39.8 Å². The molecule has 2 aromatic rings. The first-order valence-electron chi connectivity index (χ1n) is 7.12. The minimum absolute atomic E-state index is 0.00199. The number of aromatic hydroxyl groups is 1. The van der Waals surface area contributed by atoms with Crippen LogP contribution in [0, 0.1) is 37.8 Å². The Balaban J connectivity index is 2.56. The second-order valence-electron chi connectivity index (χ2n) is 5.65. The van der Waals surface area contributed by atoms with Gasteiger partial charge >= 0.3 is 0 Å². The van der Waals surface area contributed by atoms with Gasteiger partial charge in [0.05, 0.1) is 15.5 Å². The molecule has 0 unspecified atom stereocenters.